The van der Waals surface area contributed by atoms with Crippen LogP contribution in [0.4, 0.5) is 10.1 Å². The van der Waals surface area contributed by atoms with Crippen molar-refractivity contribution >= 4 is 16.6 Å². The van der Waals surface area contributed by atoms with Crippen LogP contribution in [-0.2, 0) is 6.54 Å². The Balaban J connectivity index is 2.09. The summed E-state index contributed by atoms with van der Waals surface area (Å²) in [6.45, 7) is 0.597. The van der Waals surface area contributed by atoms with E-state index in [9.17, 15) is 4.39 Å². The van der Waals surface area contributed by atoms with Crippen LogP contribution >= 0.6 is 0 Å². The highest BCUT2D eigenvalue weighted by Gasteiger charge is 2.02. The van der Waals surface area contributed by atoms with Gasteiger partial charge in [-0.3, -0.25) is 9.07 Å². The first-order valence-corrected chi connectivity index (χ1v) is 5.58. The third kappa shape index (κ3) is 2.32. The predicted octanol–water partition coefficient (Wildman–Crippen LogP) is 2.76. The van der Waals surface area contributed by atoms with E-state index in [1.807, 2.05) is 29.1 Å². The minimum atomic E-state index is -0.229. The van der Waals surface area contributed by atoms with Gasteiger partial charge in [-0.15, -0.1) is 0 Å². The topological polar surface area (TPSA) is 43.8 Å². The summed E-state index contributed by atoms with van der Waals surface area (Å²) in [6, 6.07) is 5.77. The summed E-state index contributed by atoms with van der Waals surface area (Å²) in [5.74, 6) is 0. The van der Waals surface area contributed by atoms with Crippen LogP contribution in [0.3, 0.4) is 0 Å². The number of hydrogen-bond acceptors (Lipinski definition) is 2. The summed E-state index contributed by atoms with van der Waals surface area (Å²) in [5, 5.41) is 5.40. The molecule has 0 aliphatic carbocycles. The van der Waals surface area contributed by atoms with E-state index >= 15 is 0 Å². The number of nitrogen functional groups attached to an aromatic ring is 1. The molecule has 0 radical (unpaired) electrons. The number of benzene rings is 1. The lowest BCUT2D eigenvalue weighted by molar-refractivity contribution is 0.444. The zero-order valence-electron chi connectivity index (χ0n) is 9.19. The number of rotatable bonds is 5. The first kappa shape index (κ1) is 10.9. The molecule has 0 bridgehead atoms. The molecule has 0 unspecified atom stereocenters. The molecule has 1 aromatic heterocycles. The van der Waals surface area contributed by atoms with Crippen LogP contribution in [0.5, 0.6) is 0 Å². The van der Waals surface area contributed by atoms with Crippen molar-refractivity contribution in [3.05, 3.63) is 24.4 Å². The van der Waals surface area contributed by atoms with E-state index in [4.69, 9.17) is 5.73 Å². The fourth-order valence-electron chi connectivity index (χ4n) is 1.80. The van der Waals surface area contributed by atoms with E-state index in [2.05, 4.69) is 5.10 Å². The van der Waals surface area contributed by atoms with Crippen LogP contribution in [0, 0.1) is 0 Å². The molecular formula is C12H16FN3. The molecule has 2 aromatic rings. The van der Waals surface area contributed by atoms with Gasteiger partial charge >= 0.3 is 0 Å². The zero-order chi connectivity index (χ0) is 11.4. The molecule has 16 heavy (non-hydrogen) atoms. The highest BCUT2D eigenvalue weighted by atomic mass is 19.1. The quantitative estimate of drug-likeness (QED) is 0.623. The Labute approximate surface area is 94.1 Å². The standard InChI is InChI=1S/C12H16FN3/c13-6-2-1-3-7-16-12-8-11(14)5-4-10(12)9-15-16/h4-5,8-9H,1-3,6-7,14H2. The van der Waals surface area contributed by atoms with Gasteiger partial charge in [-0.05, 0) is 37.5 Å². The van der Waals surface area contributed by atoms with Crippen molar-refractivity contribution in [2.45, 2.75) is 25.8 Å². The third-order valence-electron chi connectivity index (χ3n) is 2.67. The molecule has 3 nitrogen and oxygen atoms in total. The zero-order valence-corrected chi connectivity index (χ0v) is 9.19. The maximum atomic E-state index is 11.9. The van der Waals surface area contributed by atoms with E-state index in [1.165, 1.54) is 0 Å². The fourth-order valence-corrected chi connectivity index (χ4v) is 1.80. The largest absolute Gasteiger partial charge is 0.399 e. The smallest absolute Gasteiger partial charge is 0.0894 e. The van der Waals surface area contributed by atoms with Crippen molar-refractivity contribution in [2.24, 2.45) is 0 Å². The van der Waals surface area contributed by atoms with Crippen LogP contribution in [0.2, 0.25) is 0 Å². The average molecular weight is 221 g/mol. The van der Waals surface area contributed by atoms with Gasteiger partial charge in [0.05, 0.1) is 18.4 Å². The Hall–Kier alpha value is -1.58. The van der Waals surface area contributed by atoms with Crippen molar-refractivity contribution in [2.75, 3.05) is 12.4 Å². The molecule has 1 aromatic carbocycles. The number of nitrogens with two attached hydrogens (primary N) is 1. The summed E-state index contributed by atoms with van der Waals surface area (Å²) in [5.41, 5.74) is 7.54. The highest BCUT2D eigenvalue weighted by Crippen LogP contribution is 2.17. The Morgan fingerprint density at radius 2 is 2.12 bits per heavy atom. The number of fused-ring (bicyclic) bond motifs is 1. The molecule has 4 heteroatoms. The predicted molar refractivity (Wildman–Crippen MR) is 64.0 cm³/mol. The Kier molecular flexibility index (Phi) is 3.39. The molecule has 0 spiro atoms. The number of hydrogen-bond donors (Lipinski definition) is 1. The summed E-state index contributed by atoms with van der Waals surface area (Å²) in [6.07, 6.45) is 4.33. The first-order valence-electron chi connectivity index (χ1n) is 5.58. The summed E-state index contributed by atoms with van der Waals surface area (Å²) in [4.78, 5) is 0. The summed E-state index contributed by atoms with van der Waals surface area (Å²) in [7, 11) is 0. The second kappa shape index (κ2) is 4.96. The maximum absolute atomic E-state index is 11.9. The highest BCUT2D eigenvalue weighted by molar-refractivity contribution is 5.81. The monoisotopic (exact) mass is 221 g/mol. The van der Waals surface area contributed by atoms with Crippen molar-refractivity contribution in [3.63, 3.8) is 0 Å². The average Bonchev–Trinajstić information content (AvgIpc) is 2.67. The van der Waals surface area contributed by atoms with E-state index in [0.29, 0.717) is 6.42 Å². The Morgan fingerprint density at radius 1 is 1.25 bits per heavy atom. The van der Waals surface area contributed by atoms with E-state index in [0.717, 1.165) is 36.0 Å². The van der Waals surface area contributed by atoms with Crippen molar-refractivity contribution in [1.82, 2.24) is 9.78 Å². The van der Waals surface area contributed by atoms with Crippen molar-refractivity contribution in [1.29, 1.82) is 0 Å². The SMILES string of the molecule is Nc1ccc2cnn(CCCCCF)c2c1. The number of nitrogens with zero attached hydrogens (tertiary/aromatic N) is 2. The third-order valence-corrected chi connectivity index (χ3v) is 2.67. The number of halogens is 1. The Bertz CT molecular complexity index is 464. The van der Waals surface area contributed by atoms with Gasteiger partial charge in [0, 0.05) is 17.6 Å². The van der Waals surface area contributed by atoms with E-state index in [-0.39, 0.29) is 6.67 Å². The fraction of sp³-hybridized carbons (Fsp3) is 0.417. The molecule has 0 saturated carbocycles. The molecule has 1 heterocycles. The van der Waals surface area contributed by atoms with Gasteiger partial charge in [-0.2, -0.15) is 5.10 Å². The molecule has 86 valence electrons. The van der Waals surface area contributed by atoms with Gasteiger partial charge < -0.3 is 5.73 Å². The molecule has 0 fully saturated rings. The van der Waals surface area contributed by atoms with Gasteiger partial charge in [-0.25, -0.2) is 0 Å². The van der Waals surface area contributed by atoms with Gasteiger partial charge in [0.2, 0.25) is 0 Å². The molecule has 2 rings (SSSR count). The molecule has 0 amide bonds. The first-order chi connectivity index (χ1) is 7.81. The van der Waals surface area contributed by atoms with Crippen LogP contribution in [-0.4, -0.2) is 16.5 Å². The van der Waals surface area contributed by atoms with Crippen molar-refractivity contribution in [3.8, 4) is 0 Å². The summed E-state index contributed by atoms with van der Waals surface area (Å²) >= 11 is 0. The second-order valence-electron chi connectivity index (χ2n) is 3.94. The summed E-state index contributed by atoms with van der Waals surface area (Å²) < 4.78 is 13.9. The molecule has 2 N–H and O–H groups in total. The van der Waals surface area contributed by atoms with E-state index in [1.54, 1.807) is 0 Å². The Morgan fingerprint density at radius 3 is 2.94 bits per heavy atom. The van der Waals surface area contributed by atoms with Crippen LogP contribution in [0.15, 0.2) is 24.4 Å². The maximum Gasteiger partial charge on any atom is 0.0894 e. The molecule has 0 aliphatic heterocycles. The van der Waals surface area contributed by atoms with Crippen molar-refractivity contribution < 1.29 is 4.39 Å². The lowest BCUT2D eigenvalue weighted by atomic mass is 10.2. The molecule has 0 saturated heterocycles. The molecular weight excluding hydrogens is 205 g/mol. The number of unbranched alkanes of at least 4 members (excludes halogenated alkanes) is 2. The van der Waals surface area contributed by atoms with Gasteiger partial charge in [-0.1, -0.05) is 0 Å². The lowest BCUT2D eigenvalue weighted by Gasteiger charge is -2.03. The molecule has 0 aliphatic rings. The second-order valence-corrected chi connectivity index (χ2v) is 3.94. The van der Waals surface area contributed by atoms with Gasteiger partial charge in [0.15, 0.2) is 0 Å². The van der Waals surface area contributed by atoms with Gasteiger partial charge in [0.25, 0.3) is 0 Å². The number of aryl methyl sites for hydroxylation is 1. The normalized spacial score (nSPS) is 11.1. The number of alkyl halides is 1. The lowest BCUT2D eigenvalue weighted by Crippen LogP contribution is -2.00. The van der Waals surface area contributed by atoms with Gasteiger partial charge in [0.1, 0.15) is 0 Å². The number of aromatic nitrogens is 2. The van der Waals surface area contributed by atoms with Crippen LogP contribution in [0.1, 0.15) is 19.3 Å². The van der Waals surface area contributed by atoms with Crippen LogP contribution in [0.25, 0.3) is 10.9 Å². The van der Waals surface area contributed by atoms with Crippen LogP contribution < -0.4 is 5.73 Å². The van der Waals surface area contributed by atoms with E-state index < -0.39 is 0 Å². The minimum absolute atomic E-state index is 0.229. The minimum Gasteiger partial charge on any atom is -0.399 e. The molecule has 0 atom stereocenters. The number of anilines is 1.